The lowest BCUT2D eigenvalue weighted by molar-refractivity contribution is -0.145. The molecule has 0 aromatic carbocycles. The molecule has 0 spiro atoms. The number of carbonyl (C=O) groups is 1. The van der Waals surface area contributed by atoms with Crippen LogP contribution in [-0.2, 0) is 14.8 Å². The Morgan fingerprint density at radius 1 is 1.53 bits per heavy atom. The molecule has 19 heavy (non-hydrogen) atoms. The fourth-order valence-electron chi connectivity index (χ4n) is 2.34. The minimum atomic E-state index is -3.94. The lowest BCUT2D eigenvalue weighted by atomic mass is 9.78. The van der Waals surface area contributed by atoms with Crippen LogP contribution in [0.3, 0.4) is 0 Å². The van der Waals surface area contributed by atoms with Crippen LogP contribution in [0, 0.1) is 17.2 Å². The predicted molar refractivity (Wildman–Crippen MR) is 69.7 cm³/mol. The van der Waals surface area contributed by atoms with Crippen molar-refractivity contribution in [3.8, 4) is 6.07 Å². The first kappa shape index (κ1) is 15.9. The van der Waals surface area contributed by atoms with Crippen molar-refractivity contribution in [2.24, 2.45) is 5.92 Å². The van der Waals surface area contributed by atoms with Gasteiger partial charge in [-0.3, -0.25) is 4.79 Å². The first-order chi connectivity index (χ1) is 8.77. The molecular formula is C12H20N2O4S. The molecule has 1 unspecified atom stereocenters. The molecule has 0 aliphatic heterocycles. The highest BCUT2D eigenvalue weighted by Crippen LogP contribution is 2.33. The summed E-state index contributed by atoms with van der Waals surface area (Å²) >= 11 is 0. The largest absolute Gasteiger partial charge is 0.480 e. The van der Waals surface area contributed by atoms with Crippen molar-refractivity contribution in [1.82, 2.24) is 4.72 Å². The Kier molecular flexibility index (Phi) is 4.93. The van der Waals surface area contributed by atoms with Gasteiger partial charge in [0.2, 0.25) is 10.0 Å². The number of nitrogens with one attached hydrogen (secondary N) is 1. The SMILES string of the molecule is CCC(C#N)S(=O)(=O)NC1(C(=O)O)CCC(C)CC1. The minimum absolute atomic E-state index is 0.137. The number of hydrogen-bond donors (Lipinski definition) is 2. The van der Waals surface area contributed by atoms with Gasteiger partial charge in [-0.05, 0) is 38.0 Å². The van der Waals surface area contributed by atoms with E-state index in [1.165, 1.54) is 0 Å². The first-order valence-corrected chi connectivity index (χ1v) is 7.98. The number of rotatable bonds is 5. The highest BCUT2D eigenvalue weighted by atomic mass is 32.2. The van der Waals surface area contributed by atoms with Crippen LogP contribution in [-0.4, -0.2) is 30.3 Å². The van der Waals surface area contributed by atoms with Crippen molar-refractivity contribution in [1.29, 1.82) is 5.26 Å². The van der Waals surface area contributed by atoms with Gasteiger partial charge in [0.05, 0.1) is 6.07 Å². The number of carboxylic acid groups (broad SMARTS) is 1. The molecule has 1 aliphatic rings. The molecule has 1 atom stereocenters. The molecule has 0 amide bonds. The number of sulfonamides is 1. The number of nitrogens with zero attached hydrogens (tertiary/aromatic N) is 1. The van der Waals surface area contributed by atoms with Crippen molar-refractivity contribution in [3.63, 3.8) is 0 Å². The van der Waals surface area contributed by atoms with Crippen LogP contribution >= 0.6 is 0 Å². The second-order valence-corrected chi connectivity index (χ2v) is 7.11. The van der Waals surface area contributed by atoms with Crippen LogP contribution in [0.5, 0.6) is 0 Å². The zero-order chi connectivity index (χ0) is 14.7. The molecule has 6 nitrogen and oxygen atoms in total. The van der Waals surface area contributed by atoms with E-state index >= 15 is 0 Å². The summed E-state index contributed by atoms with van der Waals surface area (Å²) in [5.74, 6) is -0.759. The van der Waals surface area contributed by atoms with Crippen LogP contribution in [0.1, 0.15) is 46.0 Å². The first-order valence-electron chi connectivity index (χ1n) is 6.43. The maximum Gasteiger partial charge on any atom is 0.324 e. The summed E-state index contributed by atoms with van der Waals surface area (Å²) in [6.07, 6.45) is 2.00. The average molecular weight is 288 g/mol. The molecule has 0 aromatic heterocycles. The fraction of sp³-hybridized carbons (Fsp3) is 0.833. The van der Waals surface area contributed by atoms with Crippen molar-refractivity contribution in [2.75, 3.05) is 0 Å². The smallest absolute Gasteiger partial charge is 0.324 e. The maximum atomic E-state index is 12.1. The van der Waals surface area contributed by atoms with Crippen LogP contribution in [0.15, 0.2) is 0 Å². The Hall–Kier alpha value is -1.13. The van der Waals surface area contributed by atoms with Gasteiger partial charge in [-0.25, -0.2) is 8.42 Å². The van der Waals surface area contributed by atoms with Crippen LogP contribution < -0.4 is 4.72 Å². The summed E-state index contributed by atoms with van der Waals surface area (Å²) in [6, 6.07) is 1.70. The summed E-state index contributed by atoms with van der Waals surface area (Å²) in [5.41, 5.74) is -1.45. The van der Waals surface area contributed by atoms with E-state index in [9.17, 15) is 18.3 Å². The average Bonchev–Trinajstić information content (AvgIpc) is 2.33. The van der Waals surface area contributed by atoms with Gasteiger partial charge in [0.15, 0.2) is 5.25 Å². The van der Waals surface area contributed by atoms with Gasteiger partial charge in [-0.2, -0.15) is 9.98 Å². The van der Waals surface area contributed by atoms with Gasteiger partial charge in [0.25, 0.3) is 0 Å². The summed E-state index contributed by atoms with van der Waals surface area (Å²) in [5, 5.41) is 17.0. The monoisotopic (exact) mass is 288 g/mol. The summed E-state index contributed by atoms with van der Waals surface area (Å²) in [6.45, 7) is 3.61. The molecular weight excluding hydrogens is 268 g/mol. The number of nitriles is 1. The highest BCUT2D eigenvalue weighted by molar-refractivity contribution is 7.90. The minimum Gasteiger partial charge on any atom is -0.480 e. The third-order valence-electron chi connectivity index (χ3n) is 3.76. The van der Waals surface area contributed by atoms with E-state index in [0.717, 1.165) is 0 Å². The third kappa shape index (κ3) is 3.45. The van der Waals surface area contributed by atoms with E-state index in [-0.39, 0.29) is 19.3 Å². The Bertz CT molecular complexity index is 472. The second-order valence-electron chi connectivity index (χ2n) is 5.24. The van der Waals surface area contributed by atoms with Crippen molar-refractivity contribution < 1.29 is 18.3 Å². The molecule has 1 rings (SSSR count). The molecule has 0 heterocycles. The second kappa shape index (κ2) is 5.88. The summed E-state index contributed by atoms with van der Waals surface area (Å²) in [4.78, 5) is 11.5. The van der Waals surface area contributed by atoms with E-state index in [2.05, 4.69) is 4.72 Å². The van der Waals surface area contributed by atoms with Gasteiger partial charge in [0.1, 0.15) is 5.54 Å². The molecule has 1 saturated carbocycles. The molecule has 2 N–H and O–H groups in total. The zero-order valence-electron chi connectivity index (χ0n) is 11.2. The van der Waals surface area contributed by atoms with E-state index in [1.54, 1.807) is 13.0 Å². The van der Waals surface area contributed by atoms with Gasteiger partial charge < -0.3 is 5.11 Å². The molecule has 0 saturated heterocycles. The third-order valence-corrected chi connectivity index (χ3v) is 5.63. The van der Waals surface area contributed by atoms with Crippen molar-refractivity contribution >= 4 is 16.0 Å². The molecule has 1 aliphatic carbocycles. The zero-order valence-corrected chi connectivity index (χ0v) is 12.0. The lowest BCUT2D eigenvalue weighted by Gasteiger charge is -2.36. The van der Waals surface area contributed by atoms with E-state index in [1.807, 2.05) is 6.92 Å². The topological polar surface area (TPSA) is 107 Å². The lowest BCUT2D eigenvalue weighted by Crippen LogP contribution is -2.57. The molecule has 108 valence electrons. The fourth-order valence-corrected chi connectivity index (χ4v) is 3.89. The molecule has 0 aromatic rings. The molecule has 0 bridgehead atoms. The van der Waals surface area contributed by atoms with Crippen LogP contribution in [0.4, 0.5) is 0 Å². The maximum absolute atomic E-state index is 12.1. The van der Waals surface area contributed by atoms with Gasteiger partial charge in [0, 0.05) is 0 Å². The summed E-state index contributed by atoms with van der Waals surface area (Å²) < 4.78 is 26.4. The molecule has 0 radical (unpaired) electrons. The quantitative estimate of drug-likeness (QED) is 0.791. The van der Waals surface area contributed by atoms with Crippen LogP contribution in [0.25, 0.3) is 0 Å². The van der Waals surface area contributed by atoms with E-state index < -0.39 is 26.8 Å². The highest BCUT2D eigenvalue weighted by Gasteiger charge is 2.45. The number of hydrogen-bond acceptors (Lipinski definition) is 4. The van der Waals surface area contributed by atoms with Gasteiger partial charge in [-0.15, -0.1) is 0 Å². The molecule has 7 heteroatoms. The van der Waals surface area contributed by atoms with Crippen molar-refractivity contribution in [3.05, 3.63) is 0 Å². The van der Waals surface area contributed by atoms with Gasteiger partial charge in [-0.1, -0.05) is 13.8 Å². The Morgan fingerprint density at radius 3 is 2.42 bits per heavy atom. The number of aliphatic carboxylic acids is 1. The normalized spacial score (nSPS) is 29.4. The Balaban J connectivity index is 2.98. The molecule has 1 fully saturated rings. The van der Waals surface area contributed by atoms with E-state index in [0.29, 0.717) is 18.8 Å². The van der Waals surface area contributed by atoms with Crippen LogP contribution in [0.2, 0.25) is 0 Å². The number of carboxylic acids is 1. The van der Waals surface area contributed by atoms with E-state index in [4.69, 9.17) is 5.26 Å². The van der Waals surface area contributed by atoms with Crippen molar-refractivity contribution in [2.45, 2.75) is 56.7 Å². The Labute approximate surface area is 113 Å². The predicted octanol–water partition coefficient (Wildman–Crippen LogP) is 1.24. The Morgan fingerprint density at radius 2 is 2.05 bits per heavy atom. The van der Waals surface area contributed by atoms with Gasteiger partial charge >= 0.3 is 5.97 Å². The summed E-state index contributed by atoms with van der Waals surface area (Å²) in [7, 11) is -3.94. The standard InChI is InChI=1S/C12H20N2O4S/c1-3-10(8-13)19(17,18)14-12(11(15)16)6-4-9(2)5-7-12/h9-10,14H,3-7H2,1-2H3,(H,15,16).